The predicted molar refractivity (Wildman–Crippen MR) is 78.9 cm³/mol. The van der Waals surface area contributed by atoms with Gasteiger partial charge in [0.15, 0.2) is 5.82 Å². The van der Waals surface area contributed by atoms with Crippen molar-refractivity contribution in [1.82, 2.24) is 20.2 Å². The molecule has 3 rings (SSSR count). The molecule has 5 heteroatoms. The minimum Gasteiger partial charge on any atom is -0.398 e. The van der Waals surface area contributed by atoms with Crippen LogP contribution in [-0.2, 0) is 0 Å². The van der Waals surface area contributed by atoms with Crippen molar-refractivity contribution in [1.29, 1.82) is 0 Å². The molecule has 0 aliphatic heterocycles. The van der Waals surface area contributed by atoms with Crippen molar-refractivity contribution in [3.8, 4) is 11.4 Å². The van der Waals surface area contributed by atoms with Crippen LogP contribution in [0.15, 0.2) is 24.3 Å². The van der Waals surface area contributed by atoms with E-state index in [1.165, 1.54) is 12.8 Å². The van der Waals surface area contributed by atoms with Crippen LogP contribution < -0.4 is 5.73 Å². The van der Waals surface area contributed by atoms with E-state index < -0.39 is 0 Å². The Hall–Kier alpha value is -1.91. The molecule has 106 valence electrons. The van der Waals surface area contributed by atoms with Gasteiger partial charge in [-0.05, 0) is 47.2 Å². The molecule has 1 heterocycles. The van der Waals surface area contributed by atoms with Crippen LogP contribution in [0.2, 0.25) is 0 Å². The maximum absolute atomic E-state index is 6.06. The maximum atomic E-state index is 6.06. The van der Waals surface area contributed by atoms with Gasteiger partial charge in [-0.2, -0.15) is 0 Å². The molecule has 2 N–H and O–H groups in total. The number of aromatic nitrogens is 4. The van der Waals surface area contributed by atoms with Crippen molar-refractivity contribution in [2.75, 3.05) is 5.73 Å². The second-order valence-corrected chi connectivity index (χ2v) is 5.71. The van der Waals surface area contributed by atoms with E-state index >= 15 is 0 Å². The van der Waals surface area contributed by atoms with E-state index in [0.29, 0.717) is 12.0 Å². The minimum atomic E-state index is 0.379. The van der Waals surface area contributed by atoms with Crippen molar-refractivity contribution in [3.63, 3.8) is 0 Å². The smallest absolute Gasteiger partial charge is 0.184 e. The molecule has 5 nitrogen and oxygen atoms in total. The highest BCUT2D eigenvalue weighted by atomic mass is 15.6. The van der Waals surface area contributed by atoms with Gasteiger partial charge in [0.05, 0.1) is 6.04 Å². The monoisotopic (exact) mass is 271 g/mol. The number of para-hydroxylation sites is 1. The summed E-state index contributed by atoms with van der Waals surface area (Å²) in [5, 5.41) is 12.3. The Kier molecular flexibility index (Phi) is 3.42. The van der Waals surface area contributed by atoms with Crippen LogP contribution in [-0.4, -0.2) is 20.2 Å². The van der Waals surface area contributed by atoms with Gasteiger partial charge in [-0.25, -0.2) is 4.68 Å². The fourth-order valence-corrected chi connectivity index (χ4v) is 3.44. The van der Waals surface area contributed by atoms with Gasteiger partial charge >= 0.3 is 0 Å². The van der Waals surface area contributed by atoms with E-state index in [1.807, 2.05) is 28.9 Å². The van der Waals surface area contributed by atoms with E-state index in [2.05, 4.69) is 29.4 Å². The summed E-state index contributed by atoms with van der Waals surface area (Å²) in [5.74, 6) is 2.16. The van der Waals surface area contributed by atoms with Gasteiger partial charge in [-0.15, -0.1) is 5.10 Å². The molecule has 2 aromatic rings. The van der Waals surface area contributed by atoms with Gasteiger partial charge in [0.25, 0.3) is 0 Å². The van der Waals surface area contributed by atoms with Crippen LogP contribution in [0.5, 0.6) is 0 Å². The Morgan fingerprint density at radius 3 is 2.80 bits per heavy atom. The summed E-state index contributed by atoms with van der Waals surface area (Å²) in [6.07, 6.45) is 3.62. The molecule has 1 saturated carbocycles. The molecule has 0 saturated heterocycles. The molecule has 0 spiro atoms. The topological polar surface area (TPSA) is 69.6 Å². The number of benzene rings is 1. The van der Waals surface area contributed by atoms with E-state index in [1.54, 1.807) is 0 Å². The first-order chi connectivity index (χ1) is 9.72. The van der Waals surface area contributed by atoms with E-state index in [-0.39, 0.29) is 0 Å². The summed E-state index contributed by atoms with van der Waals surface area (Å²) in [5.41, 5.74) is 7.70. The lowest BCUT2D eigenvalue weighted by molar-refractivity contribution is 0.310. The average Bonchev–Trinajstić information content (AvgIpc) is 3.05. The number of rotatable bonds is 3. The van der Waals surface area contributed by atoms with Crippen LogP contribution in [0, 0.1) is 11.8 Å². The maximum Gasteiger partial charge on any atom is 0.184 e. The molecule has 0 bridgehead atoms. The number of nitrogens with zero attached hydrogens (tertiary/aromatic N) is 4. The van der Waals surface area contributed by atoms with Gasteiger partial charge in [0, 0.05) is 11.3 Å². The molecule has 0 amide bonds. The van der Waals surface area contributed by atoms with Gasteiger partial charge < -0.3 is 5.73 Å². The highest BCUT2D eigenvalue weighted by molar-refractivity contribution is 5.71. The quantitative estimate of drug-likeness (QED) is 0.871. The lowest BCUT2D eigenvalue weighted by atomic mass is 9.93. The second-order valence-electron chi connectivity index (χ2n) is 5.71. The zero-order valence-electron chi connectivity index (χ0n) is 12.0. The summed E-state index contributed by atoms with van der Waals surface area (Å²) in [4.78, 5) is 0. The zero-order valence-corrected chi connectivity index (χ0v) is 12.0. The highest BCUT2D eigenvalue weighted by Gasteiger charge is 2.35. The van der Waals surface area contributed by atoms with E-state index in [9.17, 15) is 0 Å². The van der Waals surface area contributed by atoms with Crippen LogP contribution in [0.25, 0.3) is 11.4 Å². The first kappa shape index (κ1) is 13.1. The van der Waals surface area contributed by atoms with Crippen molar-refractivity contribution < 1.29 is 0 Å². The summed E-state index contributed by atoms with van der Waals surface area (Å²) >= 11 is 0. The third kappa shape index (κ3) is 2.07. The van der Waals surface area contributed by atoms with Gasteiger partial charge in [0.1, 0.15) is 0 Å². The normalized spacial score (nSPS) is 26.0. The summed E-state index contributed by atoms with van der Waals surface area (Å²) in [7, 11) is 0. The van der Waals surface area contributed by atoms with Crippen LogP contribution >= 0.6 is 0 Å². The third-order valence-corrected chi connectivity index (χ3v) is 4.72. The molecule has 3 unspecified atom stereocenters. The number of nitrogens with two attached hydrogens (primary N) is 1. The first-order valence-corrected chi connectivity index (χ1v) is 7.35. The van der Waals surface area contributed by atoms with E-state index in [4.69, 9.17) is 5.73 Å². The van der Waals surface area contributed by atoms with Crippen molar-refractivity contribution in [3.05, 3.63) is 24.3 Å². The molecular weight excluding hydrogens is 250 g/mol. The number of tetrazole rings is 1. The third-order valence-electron chi connectivity index (χ3n) is 4.72. The molecule has 3 atom stereocenters. The standard InChI is InChI=1S/C15H21N5/c1-3-11-8-9-14(10(11)2)20-15(17-18-19-20)12-6-4-5-7-13(12)16/h4-7,10-11,14H,3,8-9,16H2,1-2H3. The Labute approximate surface area is 119 Å². The Morgan fingerprint density at radius 1 is 1.30 bits per heavy atom. The number of hydrogen-bond donors (Lipinski definition) is 1. The Morgan fingerprint density at radius 2 is 2.10 bits per heavy atom. The fraction of sp³-hybridized carbons (Fsp3) is 0.533. The number of anilines is 1. The van der Waals surface area contributed by atoms with Crippen LogP contribution in [0.4, 0.5) is 5.69 Å². The lowest BCUT2D eigenvalue weighted by Crippen LogP contribution is -2.18. The van der Waals surface area contributed by atoms with Gasteiger partial charge in [0.2, 0.25) is 0 Å². The lowest BCUT2D eigenvalue weighted by Gasteiger charge is -2.20. The highest BCUT2D eigenvalue weighted by Crippen LogP contribution is 2.42. The van der Waals surface area contributed by atoms with Crippen LogP contribution in [0.1, 0.15) is 39.2 Å². The first-order valence-electron chi connectivity index (χ1n) is 7.35. The summed E-state index contributed by atoms with van der Waals surface area (Å²) in [6.45, 7) is 4.57. The molecule has 0 radical (unpaired) electrons. The number of hydrogen-bond acceptors (Lipinski definition) is 4. The molecule has 1 aliphatic carbocycles. The largest absolute Gasteiger partial charge is 0.398 e. The molecule has 20 heavy (non-hydrogen) atoms. The molecular formula is C15H21N5. The Bertz CT molecular complexity index is 591. The molecule has 1 aromatic heterocycles. The fourth-order valence-electron chi connectivity index (χ4n) is 3.44. The number of nitrogen functional groups attached to an aromatic ring is 1. The molecule has 1 aliphatic rings. The van der Waals surface area contributed by atoms with Gasteiger partial charge in [-0.3, -0.25) is 0 Å². The molecule has 1 fully saturated rings. The predicted octanol–water partition coefficient (Wildman–Crippen LogP) is 2.92. The SMILES string of the molecule is CCC1CCC(n2nnnc2-c2ccccc2N)C1C. The minimum absolute atomic E-state index is 0.379. The van der Waals surface area contributed by atoms with Crippen LogP contribution in [0.3, 0.4) is 0 Å². The Balaban J connectivity index is 1.98. The van der Waals surface area contributed by atoms with Gasteiger partial charge in [-0.1, -0.05) is 32.4 Å². The molecule has 1 aromatic carbocycles. The summed E-state index contributed by atoms with van der Waals surface area (Å²) < 4.78 is 1.98. The second kappa shape index (κ2) is 5.23. The van der Waals surface area contributed by atoms with Crippen molar-refractivity contribution in [2.45, 2.75) is 39.2 Å². The summed E-state index contributed by atoms with van der Waals surface area (Å²) in [6, 6.07) is 8.15. The van der Waals surface area contributed by atoms with Crippen molar-refractivity contribution in [2.24, 2.45) is 11.8 Å². The average molecular weight is 271 g/mol. The van der Waals surface area contributed by atoms with E-state index in [0.717, 1.165) is 29.4 Å². The zero-order chi connectivity index (χ0) is 14.1. The van der Waals surface area contributed by atoms with Crippen molar-refractivity contribution >= 4 is 5.69 Å².